The van der Waals surface area contributed by atoms with Crippen molar-refractivity contribution in [1.29, 1.82) is 0 Å². The standard InChI is InChI=1S/C17H28N2O2/c20-17(21)15-2-1-7-19(15)14-5-8-18(9-6-14)16-11-12-3-4-13(16)10-12/h12-16H,1-11H2,(H,20,21). The van der Waals surface area contributed by atoms with Gasteiger partial charge < -0.3 is 5.11 Å². The van der Waals surface area contributed by atoms with Crippen molar-refractivity contribution in [1.82, 2.24) is 9.80 Å². The molecule has 2 aliphatic heterocycles. The zero-order chi connectivity index (χ0) is 14.4. The summed E-state index contributed by atoms with van der Waals surface area (Å²) in [6.07, 6.45) is 10.1. The molecule has 0 aromatic rings. The molecule has 0 amide bonds. The minimum Gasteiger partial charge on any atom is -0.480 e. The maximum atomic E-state index is 11.4. The van der Waals surface area contributed by atoms with Gasteiger partial charge in [-0.1, -0.05) is 6.42 Å². The summed E-state index contributed by atoms with van der Waals surface area (Å²) in [7, 11) is 0. The van der Waals surface area contributed by atoms with Crippen molar-refractivity contribution in [3.63, 3.8) is 0 Å². The van der Waals surface area contributed by atoms with E-state index in [4.69, 9.17) is 0 Å². The van der Waals surface area contributed by atoms with Crippen LogP contribution in [0, 0.1) is 11.8 Å². The van der Waals surface area contributed by atoms with Gasteiger partial charge in [-0.25, -0.2) is 0 Å². The highest BCUT2D eigenvalue weighted by atomic mass is 16.4. The van der Waals surface area contributed by atoms with Gasteiger partial charge in [0.15, 0.2) is 0 Å². The van der Waals surface area contributed by atoms with Gasteiger partial charge in [0, 0.05) is 12.1 Å². The van der Waals surface area contributed by atoms with E-state index in [1.54, 1.807) is 0 Å². The first-order chi connectivity index (χ1) is 10.2. The fourth-order valence-electron chi connectivity index (χ4n) is 5.70. The van der Waals surface area contributed by atoms with Crippen molar-refractivity contribution in [2.75, 3.05) is 19.6 Å². The van der Waals surface area contributed by atoms with Crippen molar-refractivity contribution >= 4 is 5.97 Å². The molecule has 1 N–H and O–H groups in total. The van der Waals surface area contributed by atoms with E-state index in [1.165, 1.54) is 51.6 Å². The molecule has 0 radical (unpaired) electrons. The number of piperidine rings is 1. The number of hydrogen-bond donors (Lipinski definition) is 1. The lowest BCUT2D eigenvalue weighted by atomic mass is 9.91. The topological polar surface area (TPSA) is 43.8 Å². The lowest BCUT2D eigenvalue weighted by Gasteiger charge is -2.42. The van der Waals surface area contributed by atoms with Crippen molar-refractivity contribution in [3.05, 3.63) is 0 Å². The van der Waals surface area contributed by atoms with Gasteiger partial charge in [-0.3, -0.25) is 14.6 Å². The normalized spacial score (nSPS) is 41.9. The van der Waals surface area contributed by atoms with E-state index in [2.05, 4.69) is 9.80 Å². The van der Waals surface area contributed by atoms with Gasteiger partial charge in [0.2, 0.25) is 0 Å². The molecule has 4 atom stereocenters. The first-order valence-corrected chi connectivity index (χ1v) is 8.95. The Balaban J connectivity index is 1.33. The fourth-order valence-corrected chi connectivity index (χ4v) is 5.70. The molecule has 4 heteroatoms. The molecule has 2 aliphatic carbocycles. The summed E-state index contributed by atoms with van der Waals surface area (Å²) in [5, 5.41) is 9.36. The fraction of sp³-hybridized carbons (Fsp3) is 0.941. The molecule has 118 valence electrons. The predicted octanol–water partition coefficient (Wildman–Crippen LogP) is 2.19. The summed E-state index contributed by atoms with van der Waals surface area (Å²) in [5.41, 5.74) is 0. The molecule has 4 aliphatic rings. The van der Waals surface area contributed by atoms with Gasteiger partial charge >= 0.3 is 5.97 Å². The van der Waals surface area contributed by atoms with E-state index in [1.807, 2.05) is 0 Å². The van der Waals surface area contributed by atoms with Crippen LogP contribution in [0.15, 0.2) is 0 Å². The number of rotatable bonds is 3. The molecule has 0 aromatic carbocycles. The van der Waals surface area contributed by atoms with Crippen molar-refractivity contribution in [2.45, 2.75) is 69.5 Å². The number of hydrogen-bond acceptors (Lipinski definition) is 3. The van der Waals surface area contributed by atoms with Crippen LogP contribution in [-0.2, 0) is 4.79 Å². The summed E-state index contributed by atoms with van der Waals surface area (Å²) in [5.74, 6) is 1.39. The number of fused-ring (bicyclic) bond motifs is 2. The Morgan fingerprint density at radius 1 is 0.952 bits per heavy atom. The second-order valence-electron chi connectivity index (χ2n) is 7.74. The highest BCUT2D eigenvalue weighted by molar-refractivity contribution is 5.73. The highest BCUT2D eigenvalue weighted by Crippen LogP contribution is 2.47. The van der Waals surface area contributed by atoms with Crippen LogP contribution < -0.4 is 0 Å². The Hall–Kier alpha value is -0.610. The number of carboxylic acid groups (broad SMARTS) is 1. The number of nitrogens with zero attached hydrogens (tertiary/aromatic N) is 2. The molecule has 2 saturated heterocycles. The van der Waals surface area contributed by atoms with Gasteiger partial charge in [0.25, 0.3) is 0 Å². The molecule has 4 rings (SSSR count). The molecule has 21 heavy (non-hydrogen) atoms. The van der Waals surface area contributed by atoms with Crippen molar-refractivity contribution < 1.29 is 9.90 Å². The number of likely N-dealkylation sites (tertiary alicyclic amines) is 2. The van der Waals surface area contributed by atoms with E-state index in [-0.39, 0.29) is 6.04 Å². The average molecular weight is 292 g/mol. The maximum Gasteiger partial charge on any atom is 0.320 e. The largest absolute Gasteiger partial charge is 0.480 e. The monoisotopic (exact) mass is 292 g/mol. The van der Waals surface area contributed by atoms with Crippen molar-refractivity contribution in [3.8, 4) is 0 Å². The van der Waals surface area contributed by atoms with E-state index >= 15 is 0 Å². The molecule has 4 unspecified atom stereocenters. The van der Waals surface area contributed by atoms with E-state index in [0.29, 0.717) is 6.04 Å². The summed E-state index contributed by atoms with van der Waals surface area (Å²) >= 11 is 0. The van der Waals surface area contributed by atoms with Crippen LogP contribution in [0.5, 0.6) is 0 Å². The lowest BCUT2D eigenvalue weighted by Crippen LogP contribution is -2.51. The quantitative estimate of drug-likeness (QED) is 0.866. The van der Waals surface area contributed by atoms with Crippen LogP contribution >= 0.6 is 0 Å². The Morgan fingerprint density at radius 3 is 2.38 bits per heavy atom. The molecule has 4 fully saturated rings. The molecule has 2 saturated carbocycles. The van der Waals surface area contributed by atoms with Gasteiger partial charge in [-0.15, -0.1) is 0 Å². The second-order valence-corrected chi connectivity index (χ2v) is 7.74. The van der Waals surface area contributed by atoms with Gasteiger partial charge in [0.1, 0.15) is 6.04 Å². The lowest BCUT2D eigenvalue weighted by molar-refractivity contribution is -0.143. The minimum absolute atomic E-state index is 0.205. The third-order valence-corrected chi connectivity index (χ3v) is 6.72. The highest BCUT2D eigenvalue weighted by Gasteiger charge is 2.44. The first kappa shape index (κ1) is 14.0. The molecule has 2 bridgehead atoms. The molecular weight excluding hydrogens is 264 g/mol. The van der Waals surface area contributed by atoms with Crippen molar-refractivity contribution in [2.24, 2.45) is 11.8 Å². The smallest absolute Gasteiger partial charge is 0.320 e. The van der Waals surface area contributed by atoms with E-state index < -0.39 is 5.97 Å². The van der Waals surface area contributed by atoms with Gasteiger partial charge in [0.05, 0.1) is 0 Å². The zero-order valence-electron chi connectivity index (χ0n) is 12.9. The summed E-state index contributed by atoms with van der Waals surface area (Å²) in [6, 6.07) is 1.17. The van der Waals surface area contributed by atoms with Crippen LogP contribution in [0.4, 0.5) is 0 Å². The third kappa shape index (κ3) is 2.50. The number of aliphatic carboxylic acids is 1. The molecule has 4 nitrogen and oxygen atoms in total. The minimum atomic E-state index is -0.608. The predicted molar refractivity (Wildman–Crippen MR) is 81.2 cm³/mol. The van der Waals surface area contributed by atoms with Crippen LogP contribution in [-0.4, -0.2) is 58.6 Å². The number of carboxylic acids is 1. The SMILES string of the molecule is O=C(O)C1CCCN1C1CCN(C2CC3CCC2C3)CC1. The summed E-state index contributed by atoms with van der Waals surface area (Å²) in [4.78, 5) is 16.4. The van der Waals surface area contributed by atoms with Crippen LogP contribution in [0.25, 0.3) is 0 Å². The average Bonchev–Trinajstić information content (AvgIpc) is 3.23. The Labute approximate surface area is 127 Å². The number of carbonyl (C=O) groups is 1. The molecular formula is C17H28N2O2. The maximum absolute atomic E-state index is 11.4. The molecule has 2 heterocycles. The third-order valence-electron chi connectivity index (χ3n) is 6.72. The second kappa shape index (κ2) is 5.54. The Kier molecular flexibility index (Phi) is 3.70. The van der Waals surface area contributed by atoms with Crippen LogP contribution in [0.1, 0.15) is 51.4 Å². The summed E-state index contributed by atoms with van der Waals surface area (Å²) in [6.45, 7) is 3.39. The van der Waals surface area contributed by atoms with Gasteiger partial charge in [-0.2, -0.15) is 0 Å². The molecule has 0 spiro atoms. The molecule has 0 aromatic heterocycles. The van der Waals surface area contributed by atoms with Crippen LogP contribution in [0.2, 0.25) is 0 Å². The Bertz CT molecular complexity index is 406. The first-order valence-electron chi connectivity index (χ1n) is 8.95. The van der Waals surface area contributed by atoms with Gasteiger partial charge in [-0.05, 0) is 76.4 Å². The van der Waals surface area contributed by atoms with E-state index in [0.717, 1.165) is 37.3 Å². The zero-order valence-corrected chi connectivity index (χ0v) is 12.9. The van der Waals surface area contributed by atoms with Crippen LogP contribution in [0.3, 0.4) is 0 Å². The summed E-state index contributed by atoms with van der Waals surface area (Å²) < 4.78 is 0. The Morgan fingerprint density at radius 2 is 1.76 bits per heavy atom. The van der Waals surface area contributed by atoms with E-state index in [9.17, 15) is 9.90 Å².